The zero-order chi connectivity index (χ0) is 11.2. The zero-order valence-electron chi connectivity index (χ0n) is 9.19. The van der Waals surface area contributed by atoms with Gasteiger partial charge >= 0.3 is 6.03 Å². The lowest BCUT2D eigenvalue weighted by molar-refractivity contribution is -0.125. The molecule has 5 heteroatoms. The Bertz CT molecular complexity index is 304. The number of rotatable bonds is 3. The molecule has 84 valence electrons. The molecule has 2 rings (SSSR count). The molecule has 3 amide bonds. The van der Waals surface area contributed by atoms with E-state index in [4.69, 9.17) is 5.73 Å². The molecular weight excluding hydrogens is 194 g/mol. The Balaban J connectivity index is 2.04. The first-order valence-corrected chi connectivity index (χ1v) is 5.28. The van der Waals surface area contributed by atoms with Crippen LogP contribution in [0.1, 0.15) is 26.7 Å². The molecule has 0 atom stereocenters. The third kappa shape index (κ3) is 2.12. The summed E-state index contributed by atoms with van der Waals surface area (Å²) < 4.78 is 0. The fourth-order valence-corrected chi connectivity index (χ4v) is 1.87. The van der Waals surface area contributed by atoms with Crippen molar-refractivity contribution < 1.29 is 9.59 Å². The molecule has 5 nitrogen and oxygen atoms in total. The lowest BCUT2D eigenvalue weighted by Crippen LogP contribution is -2.47. The molecule has 1 saturated heterocycles. The van der Waals surface area contributed by atoms with E-state index in [1.54, 1.807) is 4.90 Å². The smallest absolute Gasteiger partial charge is 0.324 e. The van der Waals surface area contributed by atoms with Crippen molar-refractivity contribution in [2.45, 2.75) is 38.3 Å². The first-order chi connectivity index (χ1) is 6.88. The maximum absolute atomic E-state index is 11.9. The second-order valence-electron chi connectivity index (χ2n) is 5.12. The van der Waals surface area contributed by atoms with Crippen LogP contribution in [0.5, 0.6) is 0 Å². The Morgan fingerprint density at radius 2 is 2.00 bits per heavy atom. The molecular formula is C10H17N3O2. The molecule has 0 radical (unpaired) electrons. The van der Waals surface area contributed by atoms with Crippen molar-refractivity contribution in [3.63, 3.8) is 0 Å². The number of hydrogen-bond acceptors (Lipinski definition) is 3. The maximum atomic E-state index is 11.9. The Kier molecular flexibility index (Phi) is 2.22. The Hall–Kier alpha value is -1.10. The number of hydrogen-bond donors (Lipinski definition) is 1. The Morgan fingerprint density at radius 1 is 1.40 bits per heavy atom. The minimum atomic E-state index is -0.449. The highest BCUT2D eigenvalue weighted by Gasteiger charge is 2.45. The van der Waals surface area contributed by atoms with Crippen LogP contribution in [0, 0.1) is 0 Å². The molecule has 15 heavy (non-hydrogen) atoms. The quantitative estimate of drug-likeness (QED) is 0.676. The van der Waals surface area contributed by atoms with Crippen LogP contribution >= 0.6 is 0 Å². The molecule has 0 aromatic heterocycles. The van der Waals surface area contributed by atoms with Gasteiger partial charge in [0.05, 0.1) is 0 Å². The van der Waals surface area contributed by atoms with Gasteiger partial charge in [-0.15, -0.1) is 0 Å². The van der Waals surface area contributed by atoms with Gasteiger partial charge in [-0.3, -0.25) is 9.69 Å². The highest BCUT2D eigenvalue weighted by Crippen LogP contribution is 2.30. The van der Waals surface area contributed by atoms with Gasteiger partial charge in [0.1, 0.15) is 6.54 Å². The van der Waals surface area contributed by atoms with Crippen LogP contribution in [0.3, 0.4) is 0 Å². The first kappa shape index (κ1) is 10.4. The van der Waals surface area contributed by atoms with Gasteiger partial charge in [0.2, 0.25) is 0 Å². The second kappa shape index (κ2) is 3.20. The van der Waals surface area contributed by atoms with E-state index in [1.165, 1.54) is 4.90 Å². The third-order valence-electron chi connectivity index (χ3n) is 2.58. The summed E-state index contributed by atoms with van der Waals surface area (Å²) in [5.74, 6) is -0.0771. The number of amides is 3. The molecule has 1 aliphatic carbocycles. The Morgan fingerprint density at radius 3 is 2.47 bits per heavy atom. The summed E-state index contributed by atoms with van der Waals surface area (Å²) in [6.07, 6.45) is 1.91. The summed E-state index contributed by atoms with van der Waals surface area (Å²) in [5, 5.41) is 0. The number of imide groups is 1. The monoisotopic (exact) mass is 211 g/mol. The molecule has 2 fully saturated rings. The minimum Gasteiger partial charge on any atom is -0.324 e. The van der Waals surface area contributed by atoms with Crippen molar-refractivity contribution in [3.05, 3.63) is 0 Å². The highest BCUT2D eigenvalue weighted by molar-refractivity contribution is 6.02. The van der Waals surface area contributed by atoms with Crippen LogP contribution in [0.15, 0.2) is 0 Å². The summed E-state index contributed by atoms with van der Waals surface area (Å²) in [5.41, 5.74) is 5.39. The third-order valence-corrected chi connectivity index (χ3v) is 2.58. The van der Waals surface area contributed by atoms with E-state index in [-0.39, 0.29) is 24.5 Å². The molecule has 2 N–H and O–H groups in total. The van der Waals surface area contributed by atoms with E-state index in [9.17, 15) is 9.59 Å². The van der Waals surface area contributed by atoms with Crippen LogP contribution in [0.4, 0.5) is 4.79 Å². The van der Waals surface area contributed by atoms with Crippen LogP contribution in [0.2, 0.25) is 0 Å². The van der Waals surface area contributed by atoms with E-state index >= 15 is 0 Å². The Labute approximate surface area is 89.2 Å². The predicted octanol–water partition coefficient (Wildman–Crippen LogP) is 0.150. The van der Waals surface area contributed by atoms with Gasteiger partial charge < -0.3 is 10.6 Å². The molecule has 1 aliphatic heterocycles. The van der Waals surface area contributed by atoms with Gasteiger partial charge in [0.25, 0.3) is 5.91 Å². The molecule has 1 heterocycles. The molecule has 0 spiro atoms. The van der Waals surface area contributed by atoms with Crippen molar-refractivity contribution in [2.75, 3.05) is 13.1 Å². The number of urea groups is 1. The van der Waals surface area contributed by atoms with Gasteiger partial charge in [-0.05, 0) is 26.7 Å². The summed E-state index contributed by atoms with van der Waals surface area (Å²) >= 11 is 0. The second-order valence-corrected chi connectivity index (χ2v) is 5.12. The lowest BCUT2D eigenvalue weighted by Gasteiger charge is -2.25. The van der Waals surface area contributed by atoms with Crippen LogP contribution in [-0.2, 0) is 4.79 Å². The number of nitrogens with zero attached hydrogens (tertiary/aromatic N) is 2. The van der Waals surface area contributed by atoms with Crippen molar-refractivity contribution >= 4 is 11.9 Å². The van der Waals surface area contributed by atoms with E-state index in [1.807, 2.05) is 13.8 Å². The SMILES string of the molecule is CC(C)(N)CN1CC(=O)N(C2CC2)C1=O. The highest BCUT2D eigenvalue weighted by atomic mass is 16.2. The van der Waals surface area contributed by atoms with Gasteiger partial charge in [0, 0.05) is 18.1 Å². The zero-order valence-corrected chi connectivity index (χ0v) is 9.19. The van der Waals surface area contributed by atoms with Crippen molar-refractivity contribution in [1.82, 2.24) is 9.80 Å². The fourth-order valence-electron chi connectivity index (χ4n) is 1.87. The number of carbonyl (C=O) groups is 2. The molecule has 0 bridgehead atoms. The van der Waals surface area contributed by atoms with Crippen LogP contribution < -0.4 is 5.73 Å². The predicted molar refractivity (Wildman–Crippen MR) is 55.1 cm³/mol. The summed E-state index contributed by atoms with van der Waals surface area (Å²) in [6, 6.07) is -0.00286. The van der Waals surface area contributed by atoms with Crippen LogP contribution in [0.25, 0.3) is 0 Å². The van der Waals surface area contributed by atoms with Crippen molar-refractivity contribution in [3.8, 4) is 0 Å². The summed E-state index contributed by atoms with van der Waals surface area (Å²) in [7, 11) is 0. The number of nitrogens with two attached hydrogens (primary N) is 1. The van der Waals surface area contributed by atoms with E-state index in [2.05, 4.69) is 0 Å². The molecule has 2 aliphatic rings. The van der Waals surface area contributed by atoms with Gasteiger partial charge in [0.15, 0.2) is 0 Å². The van der Waals surface area contributed by atoms with Gasteiger partial charge in [-0.25, -0.2) is 4.79 Å². The fraction of sp³-hybridized carbons (Fsp3) is 0.800. The molecule has 0 unspecified atom stereocenters. The minimum absolute atomic E-state index is 0.0771. The van der Waals surface area contributed by atoms with E-state index in [0.717, 1.165) is 12.8 Å². The average Bonchev–Trinajstić information content (AvgIpc) is 2.81. The summed E-state index contributed by atoms with van der Waals surface area (Å²) in [4.78, 5) is 26.4. The normalized spacial score (nSPS) is 22.9. The lowest BCUT2D eigenvalue weighted by atomic mass is 10.1. The number of carbonyl (C=O) groups excluding carboxylic acids is 2. The largest absolute Gasteiger partial charge is 0.327 e. The van der Waals surface area contributed by atoms with E-state index in [0.29, 0.717) is 6.54 Å². The maximum Gasteiger partial charge on any atom is 0.327 e. The summed E-state index contributed by atoms with van der Waals surface area (Å²) in [6.45, 7) is 4.33. The van der Waals surface area contributed by atoms with Crippen molar-refractivity contribution in [2.24, 2.45) is 5.73 Å². The first-order valence-electron chi connectivity index (χ1n) is 5.28. The topological polar surface area (TPSA) is 66.6 Å². The van der Waals surface area contributed by atoms with Crippen molar-refractivity contribution in [1.29, 1.82) is 0 Å². The van der Waals surface area contributed by atoms with Gasteiger partial charge in [-0.2, -0.15) is 0 Å². The molecule has 0 aromatic carbocycles. The van der Waals surface area contributed by atoms with E-state index < -0.39 is 5.54 Å². The average molecular weight is 211 g/mol. The molecule has 1 saturated carbocycles. The standard InChI is InChI=1S/C10H17N3O2/c1-10(2,11)6-12-5-8(14)13(9(12)15)7-3-4-7/h7H,3-6,11H2,1-2H3. The molecule has 0 aromatic rings. The van der Waals surface area contributed by atoms with Crippen LogP contribution in [-0.4, -0.2) is 46.4 Å². The van der Waals surface area contributed by atoms with Gasteiger partial charge in [-0.1, -0.05) is 0 Å².